The van der Waals surface area contributed by atoms with Crippen molar-refractivity contribution in [2.45, 2.75) is 38.9 Å². The zero-order valence-electron chi connectivity index (χ0n) is 11.7. The molecule has 0 N–H and O–H groups in total. The molecule has 0 radical (unpaired) electrons. The Balaban J connectivity index is 2.28. The van der Waals surface area contributed by atoms with E-state index in [0.717, 1.165) is 17.7 Å². The van der Waals surface area contributed by atoms with Crippen LogP contribution in [0.25, 0.3) is 0 Å². The number of nitrogens with zero attached hydrogens (tertiary/aromatic N) is 2. The summed E-state index contributed by atoms with van der Waals surface area (Å²) in [4.78, 5) is 17.2. The lowest BCUT2D eigenvalue weighted by atomic mass is 10.1. The fraction of sp³-hybridized carbons (Fsp3) is 0.571. The maximum atomic E-state index is 12.7. The summed E-state index contributed by atoms with van der Waals surface area (Å²) in [6.07, 6.45) is -1.50. The molecule has 3 nitrogen and oxygen atoms in total. The number of aromatic nitrogens is 1. The second-order valence-corrected chi connectivity index (χ2v) is 5.84. The molecule has 0 bridgehead atoms. The number of amides is 1. The summed E-state index contributed by atoms with van der Waals surface area (Å²) in [5.41, 5.74) is 0.619. The van der Waals surface area contributed by atoms with Gasteiger partial charge >= 0.3 is 6.18 Å². The molecule has 1 saturated carbocycles. The van der Waals surface area contributed by atoms with Gasteiger partial charge in [0.15, 0.2) is 0 Å². The summed E-state index contributed by atoms with van der Waals surface area (Å²) >= 11 is 5.97. The summed E-state index contributed by atoms with van der Waals surface area (Å²) in [5.74, 6) is -0.585. The molecule has 1 unspecified atom stereocenters. The monoisotopic (exact) mass is 320 g/mol. The van der Waals surface area contributed by atoms with E-state index < -0.39 is 24.7 Å². The topological polar surface area (TPSA) is 33.2 Å². The highest BCUT2D eigenvalue weighted by Crippen LogP contribution is 2.37. The molecule has 1 aliphatic carbocycles. The smallest absolute Gasteiger partial charge is 0.326 e. The number of hydrogen-bond donors (Lipinski definition) is 0. The molecular formula is C14H16ClF3N2O. The molecule has 0 aromatic carbocycles. The van der Waals surface area contributed by atoms with Gasteiger partial charge in [0.25, 0.3) is 5.91 Å². The van der Waals surface area contributed by atoms with Crippen molar-refractivity contribution in [3.63, 3.8) is 0 Å². The van der Waals surface area contributed by atoms with Gasteiger partial charge in [-0.1, -0.05) is 11.6 Å². The lowest BCUT2D eigenvalue weighted by Crippen LogP contribution is -2.45. The van der Waals surface area contributed by atoms with Crippen LogP contribution in [0.3, 0.4) is 0 Å². The first-order valence-electron chi connectivity index (χ1n) is 6.69. The lowest BCUT2D eigenvalue weighted by Gasteiger charge is -2.30. The van der Waals surface area contributed by atoms with Crippen LogP contribution in [0, 0.1) is 12.8 Å². The summed E-state index contributed by atoms with van der Waals surface area (Å²) in [6.45, 7) is 2.07. The van der Waals surface area contributed by atoms with Gasteiger partial charge in [-0.25, -0.2) is 0 Å². The van der Waals surface area contributed by atoms with Crippen molar-refractivity contribution in [1.82, 2.24) is 9.88 Å². The van der Waals surface area contributed by atoms with Crippen molar-refractivity contribution in [3.8, 4) is 0 Å². The number of carbonyl (C=O) groups excluding carboxylic acids is 1. The van der Waals surface area contributed by atoms with Crippen LogP contribution in [-0.2, 0) is 0 Å². The molecule has 1 aliphatic rings. The van der Waals surface area contributed by atoms with E-state index in [-0.39, 0.29) is 16.5 Å². The summed E-state index contributed by atoms with van der Waals surface area (Å²) < 4.78 is 38.2. The number of pyridine rings is 1. The largest absolute Gasteiger partial charge is 0.406 e. The van der Waals surface area contributed by atoms with Crippen LogP contribution >= 0.6 is 11.6 Å². The summed E-state index contributed by atoms with van der Waals surface area (Å²) in [6, 6.07) is 1.01. The van der Waals surface area contributed by atoms with E-state index in [9.17, 15) is 18.0 Å². The Morgan fingerprint density at radius 1 is 1.52 bits per heavy atom. The molecule has 1 amide bonds. The van der Waals surface area contributed by atoms with Crippen LogP contribution in [0.4, 0.5) is 13.2 Å². The normalized spacial score (nSPS) is 16.7. The highest BCUT2D eigenvalue weighted by molar-refractivity contribution is 6.33. The lowest BCUT2D eigenvalue weighted by molar-refractivity contribution is -0.144. The third-order valence-corrected chi connectivity index (χ3v) is 3.94. The molecule has 1 aromatic rings. The molecule has 0 aliphatic heterocycles. The first-order valence-corrected chi connectivity index (χ1v) is 7.06. The van der Waals surface area contributed by atoms with Crippen LogP contribution in [0.15, 0.2) is 12.3 Å². The van der Waals surface area contributed by atoms with Crippen molar-refractivity contribution in [3.05, 3.63) is 28.5 Å². The van der Waals surface area contributed by atoms with Crippen LogP contribution < -0.4 is 0 Å². The third kappa shape index (κ3) is 4.09. The van der Waals surface area contributed by atoms with Crippen molar-refractivity contribution in [1.29, 1.82) is 0 Å². The highest BCUT2D eigenvalue weighted by Gasteiger charge is 2.41. The van der Waals surface area contributed by atoms with Crippen LogP contribution in [0.1, 0.15) is 35.8 Å². The van der Waals surface area contributed by atoms with E-state index in [1.54, 1.807) is 13.8 Å². The minimum Gasteiger partial charge on any atom is -0.326 e. The van der Waals surface area contributed by atoms with E-state index in [1.807, 2.05) is 0 Å². The minimum atomic E-state index is -4.44. The van der Waals surface area contributed by atoms with Gasteiger partial charge in [-0.2, -0.15) is 13.2 Å². The predicted octanol–water partition coefficient (Wildman–Crippen LogP) is 3.85. The molecule has 0 spiro atoms. The Morgan fingerprint density at radius 3 is 2.62 bits per heavy atom. The van der Waals surface area contributed by atoms with Crippen molar-refractivity contribution < 1.29 is 18.0 Å². The fourth-order valence-electron chi connectivity index (χ4n) is 2.27. The molecule has 21 heavy (non-hydrogen) atoms. The Hall–Kier alpha value is -1.30. The quantitative estimate of drug-likeness (QED) is 0.844. The average Bonchev–Trinajstić information content (AvgIpc) is 3.17. The van der Waals surface area contributed by atoms with E-state index in [2.05, 4.69) is 4.98 Å². The van der Waals surface area contributed by atoms with Gasteiger partial charge < -0.3 is 4.90 Å². The van der Waals surface area contributed by atoms with E-state index in [1.165, 1.54) is 12.3 Å². The molecular weight excluding hydrogens is 305 g/mol. The number of aryl methyl sites for hydroxylation is 1. The predicted molar refractivity (Wildman–Crippen MR) is 73.3 cm³/mol. The second kappa shape index (κ2) is 5.83. The first-order chi connectivity index (χ1) is 9.69. The van der Waals surface area contributed by atoms with Gasteiger partial charge in [0.05, 0.1) is 10.6 Å². The van der Waals surface area contributed by atoms with E-state index in [0.29, 0.717) is 5.69 Å². The zero-order chi connectivity index (χ0) is 15.8. The molecule has 1 fully saturated rings. The molecule has 7 heteroatoms. The van der Waals surface area contributed by atoms with E-state index >= 15 is 0 Å². The maximum Gasteiger partial charge on any atom is 0.406 e. The van der Waals surface area contributed by atoms with Crippen molar-refractivity contribution >= 4 is 17.5 Å². The first kappa shape index (κ1) is 16.1. The van der Waals surface area contributed by atoms with Gasteiger partial charge in [0.1, 0.15) is 6.54 Å². The molecule has 1 atom stereocenters. The van der Waals surface area contributed by atoms with E-state index in [4.69, 9.17) is 11.6 Å². The van der Waals surface area contributed by atoms with Gasteiger partial charge in [0.2, 0.25) is 0 Å². The molecule has 2 rings (SSSR count). The highest BCUT2D eigenvalue weighted by atomic mass is 35.5. The molecule has 116 valence electrons. The SMILES string of the molecule is Cc1cc(Cl)c(C(=O)N(CC(F)(F)F)C(C)C2CC2)cn1. The molecule has 1 heterocycles. The molecule has 0 saturated heterocycles. The van der Waals surface area contributed by atoms with Gasteiger partial charge in [-0.15, -0.1) is 0 Å². The zero-order valence-corrected chi connectivity index (χ0v) is 12.5. The average molecular weight is 321 g/mol. The number of alkyl halides is 3. The van der Waals surface area contributed by atoms with Crippen LogP contribution in [0.5, 0.6) is 0 Å². The standard InChI is InChI=1S/C14H16ClF3N2O/c1-8-5-12(15)11(6-19-8)13(21)20(7-14(16,17)18)9(2)10-3-4-10/h5-6,9-10H,3-4,7H2,1-2H3. The Kier molecular flexibility index (Phi) is 4.46. The Bertz CT molecular complexity index is 544. The number of hydrogen-bond acceptors (Lipinski definition) is 2. The summed E-state index contributed by atoms with van der Waals surface area (Å²) in [7, 11) is 0. The number of halogens is 4. The maximum absolute atomic E-state index is 12.7. The Morgan fingerprint density at radius 2 is 2.14 bits per heavy atom. The van der Waals surface area contributed by atoms with Crippen LogP contribution in [0.2, 0.25) is 5.02 Å². The van der Waals surface area contributed by atoms with Crippen molar-refractivity contribution in [2.24, 2.45) is 5.92 Å². The van der Waals surface area contributed by atoms with Crippen LogP contribution in [-0.4, -0.2) is 34.6 Å². The van der Waals surface area contributed by atoms with Gasteiger partial charge in [0, 0.05) is 17.9 Å². The second-order valence-electron chi connectivity index (χ2n) is 5.43. The summed E-state index contributed by atoms with van der Waals surface area (Å²) in [5, 5.41) is 0.127. The Labute approximate surface area is 126 Å². The molecule has 1 aromatic heterocycles. The minimum absolute atomic E-state index is 0.0130. The van der Waals surface area contributed by atoms with Gasteiger partial charge in [-0.3, -0.25) is 9.78 Å². The third-order valence-electron chi connectivity index (χ3n) is 3.63. The number of rotatable bonds is 4. The van der Waals surface area contributed by atoms with Crippen molar-refractivity contribution in [2.75, 3.05) is 6.54 Å². The van der Waals surface area contributed by atoms with Gasteiger partial charge in [-0.05, 0) is 38.7 Å². The fourth-order valence-corrected chi connectivity index (χ4v) is 2.55. The number of carbonyl (C=O) groups is 1.